The predicted molar refractivity (Wildman–Crippen MR) is 95.8 cm³/mol. The maximum Gasteiger partial charge on any atom is 0.294 e. The van der Waals surface area contributed by atoms with Gasteiger partial charge in [-0.3, -0.25) is 4.79 Å². The highest BCUT2D eigenvalue weighted by molar-refractivity contribution is 6.35. The van der Waals surface area contributed by atoms with Gasteiger partial charge >= 0.3 is 0 Å². The van der Waals surface area contributed by atoms with Crippen LogP contribution in [0.15, 0.2) is 57.5 Å². The number of aromatic nitrogens is 1. The second-order valence-corrected chi connectivity index (χ2v) is 6.18. The summed E-state index contributed by atoms with van der Waals surface area (Å²) in [5, 5.41) is 7.75. The van der Waals surface area contributed by atoms with E-state index in [-0.39, 0.29) is 11.6 Å². The fourth-order valence-corrected chi connectivity index (χ4v) is 2.91. The Labute approximate surface area is 152 Å². The molecule has 0 saturated carbocycles. The summed E-state index contributed by atoms with van der Waals surface area (Å²) in [6, 6.07) is 12.4. The lowest BCUT2D eigenvalue weighted by Crippen LogP contribution is -2.10. The number of furan rings is 1. The van der Waals surface area contributed by atoms with E-state index in [1.807, 2.05) is 13.0 Å². The zero-order chi connectivity index (χ0) is 18.3. The third-order valence-electron chi connectivity index (χ3n) is 3.83. The van der Waals surface area contributed by atoms with Crippen molar-refractivity contribution in [2.75, 3.05) is 5.32 Å². The van der Waals surface area contributed by atoms with Crippen LogP contribution in [0.25, 0.3) is 22.2 Å². The van der Waals surface area contributed by atoms with Crippen molar-refractivity contribution in [3.05, 3.63) is 70.9 Å². The van der Waals surface area contributed by atoms with Crippen LogP contribution < -0.4 is 5.32 Å². The van der Waals surface area contributed by atoms with E-state index >= 15 is 0 Å². The minimum absolute atomic E-state index is 0.0314. The minimum atomic E-state index is -0.471. The van der Waals surface area contributed by atoms with Gasteiger partial charge in [-0.05, 0) is 49.4 Å². The van der Waals surface area contributed by atoms with E-state index in [0.29, 0.717) is 27.6 Å². The third-order valence-corrected chi connectivity index (χ3v) is 4.11. The molecule has 2 heterocycles. The Morgan fingerprint density at radius 2 is 1.92 bits per heavy atom. The van der Waals surface area contributed by atoms with Gasteiger partial charge in [0.1, 0.15) is 17.3 Å². The lowest BCUT2D eigenvalue weighted by Gasteiger charge is -2.03. The number of carbonyl (C=O) groups excluding carboxylic acids is 1. The topological polar surface area (TPSA) is 68.3 Å². The van der Waals surface area contributed by atoms with Crippen LogP contribution in [0.5, 0.6) is 0 Å². The molecule has 130 valence electrons. The fraction of sp³-hybridized carbons (Fsp3) is 0.0526. The molecule has 0 aliphatic heterocycles. The van der Waals surface area contributed by atoms with Gasteiger partial charge in [0, 0.05) is 22.7 Å². The molecule has 2 aromatic carbocycles. The molecule has 26 heavy (non-hydrogen) atoms. The molecular weight excluding hydrogens is 359 g/mol. The lowest BCUT2D eigenvalue weighted by atomic mass is 10.1. The van der Waals surface area contributed by atoms with Gasteiger partial charge in [-0.15, -0.1) is 0 Å². The number of aryl methyl sites for hydroxylation is 1. The highest BCUT2D eigenvalue weighted by atomic mass is 35.5. The van der Waals surface area contributed by atoms with Crippen LogP contribution in [0.2, 0.25) is 5.02 Å². The minimum Gasteiger partial charge on any atom is -0.460 e. The van der Waals surface area contributed by atoms with E-state index in [1.165, 1.54) is 18.2 Å². The fourth-order valence-electron chi connectivity index (χ4n) is 2.64. The quantitative estimate of drug-likeness (QED) is 0.521. The van der Waals surface area contributed by atoms with Crippen LogP contribution in [-0.4, -0.2) is 11.1 Å². The molecule has 0 saturated heterocycles. The first-order valence-corrected chi connectivity index (χ1v) is 8.11. The summed E-state index contributed by atoms with van der Waals surface area (Å²) in [7, 11) is 0. The van der Waals surface area contributed by atoms with Crippen molar-refractivity contribution < 1.29 is 18.1 Å². The van der Waals surface area contributed by atoms with Gasteiger partial charge in [0.05, 0.1) is 5.02 Å². The van der Waals surface area contributed by atoms with Crippen LogP contribution in [-0.2, 0) is 0 Å². The molecule has 4 rings (SSSR count). The number of rotatable bonds is 3. The van der Waals surface area contributed by atoms with Crippen molar-refractivity contribution >= 4 is 34.2 Å². The lowest BCUT2D eigenvalue weighted by molar-refractivity contribution is 0.0988. The van der Waals surface area contributed by atoms with Crippen LogP contribution in [0.1, 0.15) is 16.3 Å². The molecule has 0 spiro atoms. The second-order valence-electron chi connectivity index (χ2n) is 5.77. The summed E-state index contributed by atoms with van der Waals surface area (Å²) in [4.78, 5) is 12.4. The summed E-state index contributed by atoms with van der Waals surface area (Å²) in [6.07, 6.45) is 0. The second kappa shape index (κ2) is 6.31. The first-order valence-electron chi connectivity index (χ1n) is 7.73. The summed E-state index contributed by atoms with van der Waals surface area (Å²) in [5.74, 6) is -0.0630. The van der Waals surface area contributed by atoms with Gasteiger partial charge < -0.3 is 14.3 Å². The smallest absolute Gasteiger partial charge is 0.294 e. The third kappa shape index (κ3) is 3.07. The van der Waals surface area contributed by atoms with E-state index in [1.54, 1.807) is 24.3 Å². The number of amides is 1. The maximum atomic E-state index is 13.0. The predicted octanol–water partition coefficient (Wildman–Crippen LogP) is 5.44. The van der Waals surface area contributed by atoms with E-state index in [0.717, 1.165) is 11.1 Å². The van der Waals surface area contributed by atoms with Gasteiger partial charge in [-0.2, -0.15) is 0 Å². The first kappa shape index (κ1) is 16.4. The number of benzene rings is 2. The number of fused-ring (bicyclic) bond motifs is 1. The molecule has 4 aromatic rings. The van der Waals surface area contributed by atoms with Gasteiger partial charge in [0.15, 0.2) is 5.58 Å². The van der Waals surface area contributed by atoms with E-state index in [2.05, 4.69) is 10.5 Å². The van der Waals surface area contributed by atoms with Crippen molar-refractivity contribution in [1.82, 2.24) is 5.16 Å². The molecule has 0 atom stereocenters. The van der Waals surface area contributed by atoms with Crippen molar-refractivity contribution in [3.8, 4) is 11.3 Å². The SMILES string of the molecule is Cc1cc2cc(NC(=O)c3cc(-c4ccc(F)cc4)no3)cc(Cl)c2o1. The van der Waals surface area contributed by atoms with Crippen molar-refractivity contribution in [1.29, 1.82) is 0 Å². The molecule has 0 unspecified atom stereocenters. The molecular formula is C19H12ClFN2O3. The number of hydrogen-bond donors (Lipinski definition) is 1. The zero-order valence-corrected chi connectivity index (χ0v) is 14.3. The van der Waals surface area contributed by atoms with E-state index in [4.69, 9.17) is 20.5 Å². The Morgan fingerprint density at radius 1 is 1.15 bits per heavy atom. The van der Waals surface area contributed by atoms with Crippen molar-refractivity contribution in [2.45, 2.75) is 6.92 Å². The Bertz CT molecular complexity index is 1120. The van der Waals surface area contributed by atoms with E-state index < -0.39 is 5.91 Å². The normalized spacial score (nSPS) is 11.0. The van der Waals surface area contributed by atoms with Crippen molar-refractivity contribution in [2.24, 2.45) is 0 Å². The molecule has 1 amide bonds. The highest BCUT2D eigenvalue weighted by Gasteiger charge is 2.16. The number of nitrogens with zero attached hydrogens (tertiary/aromatic N) is 1. The molecule has 5 nitrogen and oxygen atoms in total. The van der Waals surface area contributed by atoms with Crippen LogP contribution in [0, 0.1) is 12.7 Å². The molecule has 0 bridgehead atoms. The Morgan fingerprint density at radius 3 is 2.69 bits per heavy atom. The largest absolute Gasteiger partial charge is 0.460 e. The number of carbonyl (C=O) groups is 1. The standard InChI is InChI=1S/C19H12ClFN2O3/c1-10-6-12-7-14(8-15(20)18(12)25-10)22-19(24)17-9-16(23-26-17)11-2-4-13(21)5-3-11/h2-9H,1H3,(H,22,24). The molecule has 1 N–H and O–H groups in total. The Balaban J connectivity index is 1.58. The van der Waals surface area contributed by atoms with Gasteiger partial charge in [0.25, 0.3) is 5.91 Å². The monoisotopic (exact) mass is 370 g/mol. The molecule has 0 aliphatic rings. The van der Waals surface area contributed by atoms with Crippen molar-refractivity contribution in [3.63, 3.8) is 0 Å². The van der Waals surface area contributed by atoms with Gasteiger partial charge in [0.2, 0.25) is 5.76 Å². The molecule has 0 aliphatic carbocycles. The first-order chi connectivity index (χ1) is 12.5. The summed E-state index contributed by atoms with van der Waals surface area (Å²) >= 11 is 6.19. The Hall–Kier alpha value is -3.12. The zero-order valence-electron chi connectivity index (χ0n) is 13.5. The number of nitrogens with one attached hydrogen (secondary N) is 1. The maximum absolute atomic E-state index is 13.0. The number of anilines is 1. The average Bonchev–Trinajstić information content (AvgIpc) is 3.22. The van der Waals surface area contributed by atoms with Crippen LogP contribution >= 0.6 is 11.6 Å². The molecule has 2 aromatic heterocycles. The van der Waals surface area contributed by atoms with E-state index in [9.17, 15) is 9.18 Å². The summed E-state index contributed by atoms with van der Waals surface area (Å²) in [5.41, 5.74) is 2.16. The molecule has 0 fully saturated rings. The summed E-state index contributed by atoms with van der Waals surface area (Å²) in [6.45, 7) is 1.82. The van der Waals surface area contributed by atoms with Gasteiger partial charge in [-0.1, -0.05) is 16.8 Å². The highest BCUT2D eigenvalue weighted by Crippen LogP contribution is 2.30. The van der Waals surface area contributed by atoms with Crippen LogP contribution in [0.4, 0.5) is 10.1 Å². The number of hydrogen-bond acceptors (Lipinski definition) is 4. The summed E-state index contributed by atoms with van der Waals surface area (Å²) < 4.78 is 23.6. The van der Waals surface area contributed by atoms with Gasteiger partial charge in [-0.25, -0.2) is 4.39 Å². The number of halogens is 2. The molecule has 7 heteroatoms. The average molecular weight is 371 g/mol. The van der Waals surface area contributed by atoms with Crippen LogP contribution in [0.3, 0.4) is 0 Å². The molecule has 0 radical (unpaired) electrons. The Kier molecular flexibility index (Phi) is 3.97.